The Morgan fingerprint density at radius 1 is 1.07 bits per heavy atom. The van der Waals surface area contributed by atoms with Crippen LogP contribution in [0.15, 0.2) is 79.0 Å². The fraction of sp³-hybridized carbons (Fsp3) is 0.136. The van der Waals surface area contributed by atoms with Gasteiger partial charge in [-0.05, 0) is 35.9 Å². The number of rotatable bonds is 7. The van der Waals surface area contributed by atoms with Crippen molar-refractivity contribution in [2.45, 2.75) is 13.5 Å². The standard InChI is InChI=1S/C22H21N5O3/c1-16(28)24-18-7-9-19(10-8-18)25-22-23-12-11-20(26-22)27(21-14-29-15-30-21)13-17-5-3-2-4-6-17/h2-12,14H,13,15H2,1H3,(H,24,28)(H,23,25,26). The van der Waals surface area contributed by atoms with Crippen LogP contribution in [-0.2, 0) is 20.8 Å². The average molecular weight is 403 g/mol. The predicted molar refractivity (Wildman–Crippen MR) is 114 cm³/mol. The number of nitrogens with zero attached hydrogens (tertiary/aromatic N) is 3. The molecule has 1 aromatic heterocycles. The molecule has 0 bridgehead atoms. The first-order valence-electron chi connectivity index (χ1n) is 9.41. The Morgan fingerprint density at radius 2 is 1.83 bits per heavy atom. The van der Waals surface area contributed by atoms with Crippen molar-refractivity contribution in [3.05, 3.63) is 84.6 Å². The van der Waals surface area contributed by atoms with Gasteiger partial charge in [0, 0.05) is 24.5 Å². The Balaban J connectivity index is 1.54. The lowest BCUT2D eigenvalue weighted by Gasteiger charge is -2.23. The lowest BCUT2D eigenvalue weighted by Crippen LogP contribution is -2.23. The lowest BCUT2D eigenvalue weighted by atomic mass is 10.2. The van der Waals surface area contributed by atoms with E-state index in [9.17, 15) is 4.79 Å². The van der Waals surface area contributed by atoms with Crippen LogP contribution in [0.2, 0.25) is 0 Å². The normalized spacial score (nSPS) is 12.4. The van der Waals surface area contributed by atoms with Crippen molar-refractivity contribution in [1.29, 1.82) is 0 Å². The Morgan fingerprint density at radius 3 is 2.53 bits per heavy atom. The molecule has 8 nitrogen and oxygen atoms in total. The van der Waals surface area contributed by atoms with Gasteiger partial charge in [-0.1, -0.05) is 30.3 Å². The van der Waals surface area contributed by atoms with Gasteiger partial charge in [-0.2, -0.15) is 4.98 Å². The Labute approximate surface area is 174 Å². The Hall–Kier alpha value is -4.07. The summed E-state index contributed by atoms with van der Waals surface area (Å²) < 4.78 is 10.8. The summed E-state index contributed by atoms with van der Waals surface area (Å²) in [6.45, 7) is 2.22. The molecule has 2 heterocycles. The van der Waals surface area contributed by atoms with Gasteiger partial charge in [0.05, 0.1) is 6.54 Å². The first-order chi connectivity index (χ1) is 14.7. The van der Waals surface area contributed by atoms with E-state index in [1.54, 1.807) is 12.5 Å². The molecule has 1 amide bonds. The zero-order chi connectivity index (χ0) is 20.8. The summed E-state index contributed by atoms with van der Waals surface area (Å²) in [5, 5.41) is 5.92. The molecule has 0 unspecified atom stereocenters. The number of hydrogen-bond donors (Lipinski definition) is 2. The third kappa shape index (κ3) is 4.85. The number of ether oxygens (including phenoxy) is 2. The van der Waals surface area contributed by atoms with Gasteiger partial charge in [-0.25, -0.2) is 4.98 Å². The number of amides is 1. The molecule has 2 aromatic carbocycles. The van der Waals surface area contributed by atoms with E-state index in [2.05, 4.69) is 20.6 Å². The topological polar surface area (TPSA) is 88.6 Å². The van der Waals surface area contributed by atoms with Gasteiger partial charge >= 0.3 is 0 Å². The van der Waals surface area contributed by atoms with E-state index >= 15 is 0 Å². The highest BCUT2D eigenvalue weighted by atomic mass is 16.7. The minimum absolute atomic E-state index is 0.113. The molecule has 4 rings (SSSR count). The first-order valence-corrected chi connectivity index (χ1v) is 9.41. The van der Waals surface area contributed by atoms with Crippen molar-refractivity contribution in [1.82, 2.24) is 9.97 Å². The van der Waals surface area contributed by atoms with Gasteiger partial charge < -0.3 is 20.1 Å². The molecule has 8 heteroatoms. The fourth-order valence-electron chi connectivity index (χ4n) is 2.94. The van der Waals surface area contributed by atoms with Gasteiger partial charge in [0.2, 0.25) is 24.5 Å². The summed E-state index contributed by atoms with van der Waals surface area (Å²) in [6, 6.07) is 19.2. The summed E-state index contributed by atoms with van der Waals surface area (Å²) in [6.07, 6.45) is 3.27. The molecule has 1 aliphatic heterocycles. The second-order valence-electron chi connectivity index (χ2n) is 6.58. The van der Waals surface area contributed by atoms with Crippen LogP contribution in [0.1, 0.15) is 12.5 Å². The van der Waals surface area contributed by atoms with E-state index in [0.717, 1.165) is 16.9 Å². The van der Waals surface area contributed by atoms with E-state index in [1.165, 1.54) is 6.92 Å². The van der Waals surface area contributed by atoms with Crippen LogP contribution in [0.25, 0.3) is 0 Å². The number of hydrogen-bond acceptors (Lipinski definition) is 7. The van der Waals surface area contributed by atoms with Gasteiger partial charge in [-0.3, -0.25) is 9.69 Å². The van der Waals surface area contributed by atoms with Crippen molar-refractivity contribution < 1.29 is 14.3 Å². The number of nitrogens with one attached hydrogen (secondary N) is 2. The largest absolute Gasteiger partial charge is 0.459 e. The molecule has 0 saturated heterocycles. The molecule has 0 saturated carbocycles. The number of anilines is 4. The lowest BCUT2D eigenvalue weighted by molar-refractivity contribution is -0.114. The van der Waals surface area contributed by atoms with Crippen LogP contribution in [0, 0.1) is 0 Å². The summed E-state index contributed by atoms with van der Waals surface area (Å²) in [5.74, 6) is 1.58. The zero-order valence-corrected chi connectivity index (χ0v) is 16.4. The smallest absolute Gasteiger partial charge is 0.234 e. The minimum atomic E-state index is -0.113. The minimum Gasteiger partial charge on any atom is -0.459 e. The van der Waals surface area contributed by atoms with Crippen molar-refractivity contribution in [3.8, 4) is 0 Å². The Kier molecular flexibility index (Phi) is 5.75. The molecular weight excluding hydrogens is 382 g/mol. The SMILES string of the molecule is CC(=O)Nc1ccc(Nc2nccc(N(Cc3ccccc3)C3=COCO3)n2)cc1. The monoisotopic (exact) mass is 403 g/mol. The van der Waals surface area contributed by atoms with Crippen LogP contribution in [0.4, 0.5) is 23.1 Å². The van der Waals surface area contributed by atoms with Crippen LogP contribution < -0.4 is 15.5 Å². The first kappa shape index (κ1) is 19.3. The van der Waals surface area contributed by atoms with E-state index in [1.807, 2.05) is 65.6 Å². The molecule has 0 atom stereocenters. The van der Waals surface area contributed by atoms with Crippen LogP contribution in [-0.4, -0.2) is 22.7 Å². The summed E-state index contributed by atoms with van der Waals surface area (Å²) >= 11 is 0. The summed E-state index contributed by atoms with van der Waals surface area (Å²) in [4.78, 5) is 22.0. The van der Waals surface area contributed by atoms with Crippen molar-refractivity contribution in [3.63, 3.8) is 0 Å². The maximum Gasteiger partial charge on any atom is 0.234 e. The molecule has 3 aromatic rings. The highest BCUT2D eigenvalue weighted by Gasteiger charge is 2.20. The summed E-state index contributed by atoms with van der Waals surface area (Å²) in [7, 11) is 0. The molecule has 152 valence electrons. The van der Waals surface area contributed by atoms with Crippen molar-refractivity contribution in [2.24, 2.45) is 0 Å². The van der Waals surface area contributed by atoms with E-state index in [-0.39, 0.29) is 12.7 Å². The number of carbonyl (C=O) groups excluding carboxylic acids is 1. The van der Waals surface area contributed by atoms with E-state index in [0.29, 0.717) is 24.2 Å². The molecule has 0 spiro atoms. The highest BCUT2D eigenvalue weighted by molar-refractivity contribution is 5.88. The molecule has 0 aliphatic carbocycles. The number of carbonyl (C=O) groups is 1. The molecule has 0 radical (unpaired) electrons. The highest BCUT2D eigenvalue weighted by Crippen LogP contribution is 2.25. The maximum atomic E-state index is 11.2. The molecular formula is C22H21N5O3. The van der Waals surface area contributed by atoms with E-state index < -0.39 is 0 Å². The van der Waals surface area contributed by atoms with Crippen molar-refractivity contribution >= 4 is 29.0 Å². The average Bonchev–Trinajstić information content (AvgIpc) is 3.29. The Bertz CT molecular complexity index is 1040. The summed E-state index contributed by atoms with van der Waals surface area (Å²) in [5.41, 5.74) is 2.63. The molecule has 1 aliphatic rings. The van der Waals surface area contributed by atoms with Crippen LogP contribution in [0.5, 0.6) is 0 Å². The number of aromatic nitrogens is 2. The third-order valence-electron chi connectivity index (χ3n) is 4.29. The predicted octanol–water partition coefficient (Wildman–Crippen LogP) is 3.99. The van der Waals surface area contributed by atoms with Gasteiger partial charge in [0.15, 0.2) is 0 Å². The fourth-order valence-corrected chi connectivity index (χ4v) is 2.94. The zero-order valence-electron chi connectivity index (χ0n) is 16.4. The van der Waals surface area contributed by atoms with Gasteiger partial charge in [0.25, 0.3) is 0 Å². The number of benzene rings is 2. The molecule has 30 heavy (non-hydrogen) atoms. The van der Waals surface area contributed by atoms with E-state index in [4.69, 9.17) is 9.47 Å². The third-order valence-corrected chi connectivity index (χ3v) is 4.29. The maximum absolute atomic E-state index is 11.2. The second-order valence-corrected chi connectivity index (χ2v) is 6.58. The van der Waals surface area contributed by atoms with Crippen LogP contribution in [0.3, 0.4) is 0 Å². The van der Waals surface area contributed by atoms with Crippen LogP contribution >= 0.6 is 0 Å². The molecule has 2 N–H and O–H groups in total. The molecule has 0 fully saturated rings. The van der Waals surface area contributed by atoms with Crippen molar-refractivity contribution in [2.75, 3.05) is 22.3 Å². The second kappa shape index (κ2) is 8.95. The van der Waals surface area contributed by atoms with Gasteiger partial charge in [-0.15, -0.1) is 0 Å². The quantitative estimate of drug-likeness (QED) is 0.617. The van der Waals surface area contributed by atoms with Gasteiger partial charge in [0.1, 0.15) is 12.1 Å².